The van der Waals surface area contributed by atoms with E-state index in [9.17, 15) is 9.59 Å². The van der Waals surface area contributed by atoms with E-state index in [1.165, 1.54) is 18.3 Å². The number of nitrogens with one attached hydrogen (secondary N) is 2. The van der Waals surface area contributed by atoms with Crippen molar-refractivity contribution >= 4 is 63.8 Å². The monoisotopic (exact) mass is 577 g/mol. The van der Waals surface area contributed by atoms with E-state index in [-0.39, 0.29) is 16.5 Å². The smallest absolute Gasteiger partial charge is 0.262 e. The number of rotatable bonds is 8. The predicted octanol–water partition coefficient (Wildman–Crippen LogP) is 4.52. The van der Waals surface area contributed by atoms with Crippen molar-refractivity contribution in [3.05, 3.63) is 55.1 Å². The van der Waals surface area contributed by atoms with Gasteiger partial charge in [0.05, 0.1) is 34.6 Å². The molecule has 0 saturated carbocycles. The Morgan fingerprint density at radius 2 is 1.84 bits per heavy atom. The molecule has 1 unspecified atom stereocenters. The number of amides is 2. The summed E-state index contributed by atoms with van der Waals surface area (Å²) in [7, 11) is 3.10. The first-order valence-electron chi connectivity index (χ1n) is 9.18. The van der Waals surface area contributed by atoms with Crippen molar-refractivity contribution in [2.24, 2.45) is 11.0 Å². The average molecular weight is 578 g/mol. The molecule has 0 aliphatic heterocycles. The molecule has 0 aliphatic carbocycles. The molecule has 0 fully saturated rings. The highest BCUT2D eigenvalue weighted by molar-refractivity contribution is 14.1. The second kappa shape index (κ2) is 11.5. The van der Waals surface area contributed by atoms with Gasteiger partial charge in [-0.3, -0.25) is 9.59 Å². The van der Waals surface area contributed by atoms with Crippen LogP contribution >= 0.6 is 45.8 Å². The van der Waals surface area contributed by atoms with Gasteiger partial charge < -0.3 is 14.8 Å². The molecule has 10 heteroatoms. The van der Waals surface area contributed by atoms with Gasteiger partial charge in [0.2, 0.25) is 0 Å². The van der Waals surface area contributed by atoms with Crippen molar-refractivity contribution in [1.82, 2.24) is 10.7 Å². The summed E-state index contributed by atoms with van der Waals surface area (Å²) in [4.78, 5) is 25.2. The number of hydrogen-bond donors (Lipinski definition) is 2. The van der Waals surface area contributed by atoms with Crippen molar-refractivity contribution in [2.75, 3.05) is 14.2 Å². The van der Waals surface area contributed by atoms with E-state index < -0.39 is 17.9 Å². The molecule has 2 aromatic carbocycles. The fourth-order valence-electron chi connectivity index (χ4n) is 2.68. The molecule has 1 atom stereocenters. The highest BCUT2D eigenvalue weighted by Crippen LogP contribution is 2.33. The van der Waals surface area contributed by atoms with E-state index in [0.29, 0.717) is 22.1 Å². The first-order chi connectivity index (χ1) is 14.7. The van der Waals surface area contributed by atoms with E-state index in [1.807, 2.05) is 19.9 Å². The lowest BCUT2D eigenvalue weighted by atomic mass is 10.0. The van der Waals surface area contributed by atoms with E-state index in [4.69, 9.17) is 32.7 Å². The number of carbonyl (C=O) groups excluding carboxylic acids is 2. The molecule has 2 rings (SSSR count). The number of hydrogen-bond acceptors (Lipinski definition) is 5. The maximum absolute atomic E-state index is 12.6. The highest BCUT2D eigenvalue weighted by atomic mass is 127. The van der Waals surface area contributed by atoms with Crippen LogP contribution < -0.4 is 20.2 Å². The molecule has 0 heterocycles. The minimum Gasteiger partial charge on any atom is -0.493 e. The minimum absolute atomic E-state index is 0.188. The molecule has 0 aromatic heterocycles. The Balaban J connectivity index is 2.11. The van der Waals surface area contributed by atoms with Crippen LogP contribution in [0.5, 0.6) is 11.5 Å². The van der Waals surface area contributed by atoms with Crippen LogP contribution in [0.25, 0.3) is 0 Å². The van der Waals surface area contributed by atoms with Crippen LogP contribution in [0.2, 0.25) is 10.0 Å². The molecule has 2 amide bonds. The lowest BCUT2D eigenvalue weighted by molar-refractivity contribution is -0.123. The van der Waals surface area contributed by atoms with Gasteiger partial charge in [0.1, 0.15) is 6.04 Å². The molecule has 0 bridgehead atoms. The molecule has 166 valence electrons. The lowest BCUT2D eigenvalue weighted by Gasteiger charge is -2.20. The second-order valence-electron chi connectivity index (χ2n) is 6.79. The fourth-order valence-corrected chi connectivity index (χ4v) is 4.02. The Labute approximate surface area is 204 Å². The van der Waals surface area contributed by atoms with E-state index in [1.54, 1.807) is 26.4 Å². The van der Waals surface area contributed by atoms with Crippen molar-refractivity contribution < 1.29 is 19.1 Å². The standard InChI is InChI=1S/C21H22Cl2IN3O4/c1-11(2)18(26-20(28)14-6-5-13(22)9-15(14)23)21(29)27-25-10-12-7-16(24)19(31-4)17(8-12)30-3/h5-11,18H,1-4H3,(H,26,28)(H,27,29)/b25-10+. The SMILES string of the molecule is COc1cc(/C=N/NC(=O)C(NC(=O)c2ccc(Cl)cc2Cl)C(C)C)cc(I)c1OC. The van der Waals surface area contributed by atoms with Crippen molar-refractivity contribution in [2.45, 2.75) is 19.9 Å². The number of halogens is 3. The topological polar surface area (TPSA) is 89.0 Å². The molecule has 2 N–H and O–H groups in total. The quantitative estimate of drug-likeness (QED) is 0.274. The van der Waals surface area contributed by atoms with Gasteiger partial charge in [-0.15, -0.1) is 0 Å². The summed E-state index contributed by atoms with van der Waals surface area (Å²) in [6, 6.07) is 7.29. The van der Waals surface area contributed by atoms with Gasteiger partial charge in [-0.2, -0.15) is 5.10 Å². The largest absolute Gasteiger partial charge is 0.493 e. The third-order valence-electron chi connectivity index (χ3n) is 4.26. The number of carbonyl (C=O) groups is 2. The van der Waals surface area contributed by atoms with Crippen LogP contribution in [0.3, 0.4) is 0 Å². The first-order valence-corrected chi connectivity index (χ1v) is 11.0. The molecule has 0 saturated heterocycles. The van der Waals surface area contributed by atoms with Crippen LogP contribution in [0.15, 0.2) is 35.4 Å². The summed E-state index contributed by atoms with van der Waals surface area (Å²) in [6.07, 6.45) is 1.48. The predicted molar refractivity (Wildman–Crippen MR) is 131 cm³/mol. The summed E-state index contributed by atoms with van der Waals surface area (Å²) >= 11 is 14.1. The zero-order chi connectivity index (χ0) is 23.1. The van der Waals surface area contributed by atoms with Crippen LogP contribution in [0, 0.1) is 9.49 Å². The van der Waals surface area contributed by atoms with Crippen molar-refractivity contribution in [1.29, 1.82) is 0 Å². The molecule has 31 heavy (non-hydrogen) atoms. The minimum atomic E-state index is -0.818. The fraction of sp³-hybridized carbons (Fsp3) is 0.286. The number of ether oxygens (including phenoxy) is 2. The molecule has 7 nitrogen and oxygen atoms in total. The summed E-state index contributed by atoms with van der Waals surface area (Å²) in [5, 5.41) is 7.32. The molecule has 0 radical (unpaired) electrons. The van der Waals surface area contributed by atoms with Gasteiger partial charge >= 0.3 is 0 Å². The molecule has 0 spiro atoms. The Bertz CT molecular complexity index is 999. The number of benzene rings is 2. The van der Waals surface area contributed by atoms with Gasteiger partial charge in [0.25, 0.3) is 11.8 Å². The lowest BCUT2D eigenvalue weighted by Crippen LogP contribution is -2.48. The summed E-state index contributed by atoms with van der Waals surface area (Å²) in [5.74, 6) is 0.0446. The van der Waals surface area contributed by atoms with Gasteiger partial charge in [-0.05, 0) is 64.4 Å². The first kappa shape index (κ1) is 25.2. The summed E-state index contributed by atoms with van der Waals surface area (Å²) in [6.45, 7) is 3.63. The van der Waals surface area contributed by atoms with Gasteiger partial charge in [0, 0.05) is 5.02 Å². The number of nitrogens with zero attached hydrogens (tertiary/aromatic N) is 1. The van der Waals surface area contributed by atoms with E-state index >= 15 is 0 Å². The van der Waals surface area contributed by atoms with Gasteiger partial charge in [-0.1, -0.05) is 37.0 Å². The molecule has 0 aliphatic rings. The second-order valence-corrected chi connectivity index (χ2v) is 8.80. The Morgan fingerprint density at radius 1 is 1.13 bits per heavy atom. The normalized spacial score (nSPS) is 12.0. The summed E-state index contributed by atoms with van der Waals surface area (Å²) in [5.41, 5.74) is 3.40. The van der Waals surface area contributed by atoms with Crippen LogP contribution in [-0.4, -0.2) is 38.3 Å². The van der Waals surface area contributed by atoms with Crippen LogP contribution in [-0.2, 0) is 4.79 Å². The number of hydrazone groups is 1. The Morgan fingerprint density at radius 3 is 2.42 bits per heavy atom. The van der Waals surface area contributed by atoms with Crippen molar-refractivity contribution in [3.8, 4) is 11.5 Å². The van der Waals surface area contributed by atoms with Gasteiger partial charge in [-0.25, -0.2) is 5.43 Å². The van der Waals surface area contributed by atoms with E-state index in [0.717, 1.165) is 3.57 Å². The molecule has 2 aromatic rings. The maximum atomic E-state index is 12.6. The molecular weight excluding hydrogens is 556 g/mol. The van der Waals surface area contributed by atoms with Crippen LogP contribution in [0.1, 0.15) is 29.8 Å². The van der Waals surface area contributed by atoms with Crippen LogP contribution in [0.4, 0.5) is 0 Å². The Kier molecular flexibility index (Phi) is 9.39. The zero-order valence-electron chi connectivity index (χ0n) is 17.3. The average Bonchev–Trinajstić information content (AvgIpc) is 2.70. The molecular formula is C21H22Cl2IN3O4. The third kappa shape index (κ3) is 6.72. The Hall–Kier alpha value is -2.04. The third-order valence-corrected chi connectivity index (χ3v) is 5.60. The highest BCUT2D eigenvalue weighted by Gasteiger charge is 2.25. The summed E-state index contributed by atoms with van der Waals surface area (Å²) < 4.78 is 11.5. The maximum Gasteiger partial charge on any atom is 0.262 e. The van der Waals surface area contributed by atoms with Crippen molar-refractivity contribution in [3.63, 3.8) is 0 Å². The van der Waals surface area contributed by atoms with E-state index in [2.05, 4.69) is 38.4 Å². The number of methoxy groups -OCH3 is 2. The van der Waals surface area contributed by atoms with Gasteiger partial charge in [0.15, 0.2) is 11.5 Å². The zero-order valence-corrected chi connectivity index (χ0v) is 21.0.